The minimum absolute atomic E-state index is 0.698. The number of hydrogen-bond acceptors (Lipinski definition) is 5. The molecule has 5 rings (SSSR count). The molecule has 32 heavy (non-hydrogen) atoms. The normalized spacial score (nSPS) is 14.3. The van der Waals surface area contributed by atoms with E-state index in [4.69, 9.17) is 11.6 Å². The van der Waals surface area contributed by atoms with Gasteiger partial charge in [-0.2, -0.15) is 0 Å². The zero-order valence-corrected chi connectivity index (χ0v) is 20.0. The standard InChI is InChI=1S/C26H24ClN3S2/c27-25-13-8-20(18-24(25)26-23-7-3-2-6-19(23)14-15-28-26)29-32-22-11-9-21(10-12-22)30-16-4-1-5-17-31-30/h2-3,6-15,18,29H,1,4-5,16-17H2. The lowest BCUT2D eigenvalue weighted by molar-refractivity contribution is 0.751. The van der Waals surface area contributed by atoms with Crippen LogP contribution in [0.3, 0.4) is 0 Å². The fraction of sp³-hybridized carbons (Fsp3) is 0.192. The summed E-state index contributed by atoms with van der Waals surface area (Å²) in [6.45, 7) is 1.13. The fourth-order valence-corrected chi connectivity index (χ4v) is 5.80. The van der Waals surface area contributed by atoms with Crippen LogP contribution in [0.4, 0.5) is 11.4 Å². The zero-order valence-electron chi connectivity index (χ0n) is 17.6. The summed E-state index contributed by atoms with van der Waals surface area (Å²) >= 11 is 10.1. The van der Waals surface area contributed by atoms with Gasteiger partial charge in [-0.25, -0.2) is 0 Å². The van der Waals surface area contributed by atoms with Crippen LogP contribution in [0, 0.1) is 0 Å². The average Bonchev–Trinajstić information content (AvgIpc) is 3.13. The third kappa shape index (κ3) is 4.85. The van der Waals surface area contributed by atoms with E-state index in [9.17, 15) is 0 Å². The molecule has 3 nitrogen and oxygen atoms in total. The van der Waals surface area contributed by atoms with E-state index in [0.717, 1.165) is 34.3 Å². The van der Waals surface area contributed by atoms with E-state index in [2.05, 4.69) is 56.5 Å². The number of fused-ring (bicyclic) bond motifs is 1. The molecular weight excluding hydrogens is 454 g/mol. The number of nitrogens with zero attached hydrogens (tertiary/aromatic N) is 2. The molecule has 1 aliphatic heterocycles. The highest BCUT2D eigenvalue weighted by molar-refractivity contribution is 8.00. The molecule has 0 saturated carbocycles. The highest BCUT2D eigenvalue weighted by Gasteiger charge is 2.12. The third-order valence-electron chi connectivity index (χ3n) is 5.56. The maximum Gasteiger partial charge on any atom is 0.0796 e. The predicted molar refractivity (Wildman–Crippen MR) is 142 cm³/mol. The van der Waals surface area contributed by atoms with Gasteiger partial charge in [-0.3, -0.25) is 4.98 Å². The molecule has 0 radical (unpaired) electrons. The van der Waals surface area contributed by atoms with Gasteiger partial charge in [0.1, 0.15) is 0 Å². The van der Waals surface area contributed by atoms with E-state index in [1.165, 1.54) is 35.6 Å². The third-order valence-corrected chi connectivity index (χ3v) is 7.91. The molecule has 1 aliphatic rings. The minimum Gasteiger partial charge on any atom is -0.326 e. The van der Waals surface area contributed by atoms with Gasteiger partial charge in [-0.15, -0.1) is 0 Å². The van der Waals surface area contributed by atoms with Crippen LogP contribution < -0.4 is 9.03 Å². The van der Waals surface area contributed by atoms with Gasteiger partial charge in [0.05, 0.1) is 10.7 Å². The van der Waals surface area contributed by atoms with Gasteiger partial charge in [0.2, 0.25) is 0 Å². The summed E-state index contributed by atoms with van der Waals surface area (Å²) in [7, 11) is 0. The first-order chi connectivity index (χ1) is 15.8. The van der Waals surface area contributed by atoms with E-state index in [-0.39, 0.29) is 0 Å². The Morgan fingerprint density at radius 1 is 0.938 bits per heavy atom. The number of pyridine rings is 1. The van der Waals surface area contributed by atoms with E-state index in [0.29, 0.717) is 5.02 Å². The SMILES string of the molecule is Clc1ccc(NSc2ccc(N3CCCCCS3)cc2)cc1-c1nccc2ccccc12. The van der Waals surface area contributed by atoms with Gasteiger partial charge in [-0.1, -0.05) is 42.3 Å². The lowest BCUT2D eigenvalue weighted by Crippen LogP contribution is -2.14. The Labute approximate surface area is 202 Å². The molecule has 0 atom stereocenters. The molecule has 162 valence electrons. The van der Waals surface area contributed by atoms with E-state index in [1.807, 2.05) is 48.5 Å². The molecule has 0 spiro atoms. The van der Waals surface area contributed by atoms with Crippen LogP contribution in [-0.2, 0) is 0 Å². The van der Waals surface area contributed by atoms with E-state index < -0.39 is 0 Å². The number of rotatable bonds is 5. The number of anilines is 2. The highest BCUT2D eigenvalue weighted by atomic mass is 35.5. The molecule has 3 aromatic carbocycles. The van der Waals surface area contributed by atoms with Crippen LogP contribution in [0.5, 0.6) is 0 Å². The summed E-state index contributed by atoms with van der Waals surface area (Å²) in [5.74, 6) is 1.21. The Kier molecular flexibility index (Phi) is 6.77. The number of halogens is 1. The summed E-state index contributed by atoms with van der Waals surface area (Å²) in [6.07, 6.45) is 5.76. The molecule has 0 unspecified atom stereocenters. The van der Waals surface area contributed by atoms with Crippen molar-refractivity contribution in [1.29, 1.82) is 0 Å². The minimum atomic E-state index is 0.698. The number of benzene rings is 3. The topological polar surface area (TPSA) is 28.2 Å². The van der Waals surface area contributed by atoms with E-state index >= 15 is 0 Å². The number of hydrogen-bond donors (Lipinski definition) is 1. The quantitative estimate of drug-likeness (QED) is 0.292. The van der Waals surface area contributed by atoms with Crippen LogP contribution in [0.2, 0.25) is 5.02 Å². The van der Waals surface area contributed by atoms with Gasteiger partial charge in [-0.05, 0) is 90.7 Å². The lowest BCUT2D eigenvalue weighted by atomic mass is 10.0. The van der Waals surface area contributed by atoms with Crippen LogP contribution in [0.1, 0.15) is 19.3 Å². The summed E-state index contributed by atoms with van der Waals surface area (Å²) in [5.41, 5.74) is 4.12. The second kappa shape index (κ2) is 10.1. The van der Waals surface area contributed by atoms with Gasteiger partial charge < -0.3 is 9.03 Å². The van der Waals surface area contributed by atoms with Crippen molar-refractivity contribution >= 4 is 57.6 Å². The Balaban J connectivity index is 1.32. The molecule has 4 aromatic rings. The number of nitrogens with one attached hydrogen (secondary N) is 1. The van der Waals surface area contributed by atoms with Gasteiger partial charge in [0.15, 0.2) is 0 Å². The molecule has 1 N–H and O–H groups in total. The Morgan fingerprint density at radius 3 is 2.72 bits per heavy atom. The molecule has 0 aliphatic carbocycles. The fourth-order valence-electron chi connectivity index (χ4n) is 3.88. The Morgan fingerprint density at radius 2 is 1.81 bits per heavy atom. The molecule has 1 fully saturated rings. The van der Waals surface area contributed by atoms with Crippen molar-refractivity contribution in [3.8, 4) is 11.3 Å². The Bertz CT molecular complexity index is 1200. The van der Waals surface area contributed by atoms with Crippen molar-refractivity contribution in [3.63, 3.8) is 0 Å². The molecule has 2 heterocycles. The van der Waals surface area contributed by atoms with Crippen molar-refractivity contribution in [2.24, 2.45) is 0 Å². The van der Waals surface area contributed by atoms with Crippen LogP contribution in [0.15, 0.2) is 83.9 Å². The van der Waals surface area contributed by atoms with E-state index in [1.54, 1.807) is 11.9 Å². The first kappa shape index (κ1) is 21.5. The molecule has 6 heteroatoms. The first-order valence-corrected chi connectivity index (χ1v) is 13.0. The summed E-state index contributed by atoms with van der Waals surface area (Å²) in [5, 5.41) is 2.95. The van der Waals surface area contributed by atoms with Gasteiger partial charge >= 0.3 is 0 Å². The second-order valence-electron chi connectivity index (χ2n) is 7.77. The van der Waals surface area contributed by atoms with Gasteiger partial charge in [0.25, 0.3) is 0 Å². The molecule has 0 bridgehead atoms. The maximum atomic E-state index is 6.57. The molecule has 0 amide bonds. The molecule has 1 saturated heterocycles. The average molecular weight is 478 g/mol. The van der Waals surface area contributed by atoms with Crippen LogP contribution >= 0.6 is 35.5 Å². The molecule has 1 aromatic heterocycles. The van der Waals surface area contributed by atoms with Crippen molar-refractivity contribution in [1.82, 2.24) is 4.98 Å². The van der Waals surface area contributed by atoms with Crippen LogP contribution in [0.25, 0.3) is 22.0 Å². The van der Waals surface area contributed by atoms with Crippen molar-refractivity contribution in [2.75, 3.05) is 21.3 Å². The number of aromatic nitrogens is 1. The predicted octanol–water partition coefficient (Wildman–Crippen LogP) is 8.31. The first-order valence-electron chi connectivity index (χ1n) is 10.8. The Hall–Kier alpha value is -2.34. The second-order valence-corrected chi connectivity index (χ2v) is 10.2. The van der Waals surface area contributed by atoms with Crippen molar-refractivity contribution < 1.29 is 0 Å². The zero-order chi connectivity index (χ0) is 21.8. The summed E-state index contributed by atoms with van der Waals surface area (Å²) in [6, 6.07) is 25.1. The largest absolute Gasteiger partial charge is 0.326 e. The summed E-state index contributed by atoms with van der Waals surface area (Å²) in [4.78, 5) is 5.81. The smallest absolute Gasteiger partial charge is 0.0796 e. The molecular formula is C26H24ClN3S2. The van der Waals surface area contributed by atoms with Gasteiger partial charge in [0, 0.05) is 45.7 Å². The lowest BCUT2D eigenvalue weighted by Gasteiger charge is -2.21. The monoisotopic (exact) mass is 477 g/mol. The van der Waals surface area contributed by atoms with Crippen molar-refractivity contribution in [3.05, 3.63) is 84.0 Å². The highest BCUT2D eigenvalue weighted by Crippen LogP contribution is 2.35. The van der Waals surface area contributed by atoms with Crippen LogP contribution in [-0.4, -0.2) is 17.3 Å². The summed E-state index contributed by atoms with van der Waals surface area (Å²) < 4.78 is 5.89. The van der Waals surface area contributed by atoms with Crippen molar-refractivity contribution in [2.45, 2.75) is 24.2 Å². The maximum absolute atomic E-state index is 6.57.